The minimum absolute atomic E-state index is 0.284. The fourth-order valence-corrected chi connectivity index (χ4v) is 2.61. The minimum atomic E-state index is 0.284. The third-order valence-electron chi connectivity index (χ3n) is 3.65. The molecular formula is C17H19N3O. The highest BCUT2D eigenvalue weighted by Gasteiger charge is 2.22. The van der Waals surface area contributed by atoms with Crippen molar-refractivity contribution < 1.29 is 4.42 Å². The first-order valence-electron chi connectivity index (χ1n) is 7.08. The topological polar surface area (TPSA) is 57.0 Å². The second-order valence-corrected chi connectivity index (χ2v) is 5.44. The number of rotatable bonds is 3. The first-order valence-corrected chi connectivity index (χ1v) is 7.08. The highest BCUT2D eigenvalue weighted by Crippen LogP contribution is 2.36. The van der Waals surface area contributed by atoms with E-state index in [1.807, 2.05) is 43.3 Å². The molecule has 0 radical (unpaired) electrons. The Hall–Kier alpha value is -2.49. The quantitative estimate of drug-likeness (QED) is 0.784. The van der Waals surface area contributed by atoms with Crippen LogP contribution in [0.1, 0.15) is 31.1 Å². The molecule has 4 nitrogen and oxygen atoms in total. The Morgan fingerprint density at radius 3 is 2.43 bits per heavy atom. The number of nitrogens with zero attached hydrogens (tertiary/aromatic N) is 2. The maximum Gasteiger partial charge on any atom is 0.131 e. The normalized spacial score (nSPS) is 11.2. The number of hydrogen-bond donors (Lipinski definition) is 1. The highest BCUT2D eigenvalue weighted by atomic mass is 16.3. The van der Waals surface area contributed by atoms with Gasteiger partial charge < -0.3 is 10.2 Å². The van der Waals surface area contributed by atoms with Gasteiger partial charge in [-0.15, -0.1) is 0 Å². The number of aromatic nitrogens is 2. The number of nitrogen functional groups attached to an aromatic ring is 1. The Bertz CT molecular complexity index is 754. The van der Waals surface area contributed by atoms with Gasteiger partial charge in [0.25, 0.3) is 0 Å². The van der Waals surface area contributed by atoms with Crippen LogP contribution in [0, 0.1) is 6.92 Å². The summed E-state index contributed by atoms with van der Waals surface area (Å²) in [7, 11) is 0. The van der Waals surface area contributed by atoms with Gasteiger partial charge in [0.1, 0.15) is 17.3 Å². The summed E-state index contributed by atoms with van der Waals surface area (Å²) >= 11 is 0. The van der Waals surface area contributed by atoms with Gasteiger partial charge >= 0.3 is 0 Å². The molecule has 0 unspecified atom stereocenters. The Labute approximate surface area is 124 Å². The molecule has 2 heterocycles. The molecule has 3 rings (SSSR count). The van der Waals surface area contributed by atoms with Crippen molar-refractivity contribution in [1.82, 2.24) is 9.78 Å². The molecule has 2 aromatic heterocycles. The lowest BCUT2D eigenvalue weighted by atomic mass is 9.99. The molecule has 3 aromatic rings. The van der Waals surface area contributed by atoms with E-state index < -0.39 is 0 Å². The molecule has 0 bridgehead atoms. The summed E-state index contributed by atoms with van der Waals surface area (Å²) in [5.41, 5.74) is 10.3. The standard InChI is InChI=1S/C17H19N3O/c1-11(2)15-16(14-9-10-21-12(14)3)19-20(17(15)18)13-7-5-4-6-8-13/h4-11H,18H2,1-3H3. The second kappa shape index (κ2) is 5.13. The molecule has 0 atom stereocenters. The fourth-order valence-electron chi connectivity index (χ4n) is 2.61. The van der Waals surface area contributed by atoms with Gasteiger partial charge in [-0.2, -0.15) is 5.10 Å². The molecule has 0 amide bonds. The van der Waals surface area contributed by atoms with E-state index >= 15 is 0 Å². The largest absolute Gasteiger partial charge is 0.469 e. The molecule has 0 aliphatic rings. The molecule has 2 N–H and O–H groups in total. The van der Waals surface area contributed by atoms with Gasteiger partial charge in [-0.05, 0) is 31.0 Å². The number of benzene rings is 1. The number of nitrogens with two attached hydrogens (primary N) is 1. The molecule has 0 saturated carbocycles. The summed E-state index contributed by atoms with van der Waals surface area (Å²) < 4.78 is 7.22. The Balaban J connectivity index is 2.24. The first-order chi connectivity index (χ1) is 10.1. The van der Waals surface area contributed by atoms with E-state index in [0.717, 1.165) is 28.3 Å². The molecule has 0 spiro atoms. The van der Waals surface area contributed by atoms with Crippen LogP contribution in [0.2, 0.25) is 0 Å². The Morgan fingerprint density at radius 1 is 1.14 bits per heavy atom. The molecule has 0 fully saturated rings. The van der Waals surface area contributed by atoms with Crippen molar-refractivity contribution in [3.8, 4) is 16.9 Å². The van der Waals surface area contributed by atoms with Gasteiger partial charge in [0, 0.05) is 11.1 Å². The van der Waals surface area contributed by atoms with Crippen molar-refractivity contribution in [2.24, 2.45) is 0 Å². The van der Waals surface area contributed by atoms with Crippen molar-refractivity contribution in [3.63, 3.8) is 0 Å². The molecular weight excluding hydrogens is 262 g/mol. The summed E-state index contributed by atoms with van der Waals surface area (Å²) in [5, 5.41) is 4.74. The number of para-hydroxylation sites is 1. The predicted octanol–water partition coefficient (Wildman–Crippen LogP) is 4.15. The molecule has 0 saturated heterocycles. The zero-order chi connectivity index (χ0) is 15.0. The Kier molecular flexibility index (Phi) is 3.29. The summed E-state index contributed by atoms with van der Waals surface area (Å²) in [6.45, 7) is 6.19. The van der Waals surface area contributed by atoms with E-state index in [1.165, 1.54) is 0 Å². The van der Waals surface area contributed by atoms with Crippen molar-refractivity contribution >= 4 is 5.82 Å². The van der Waals surface area contributed by atoms with Crippen LogP contribution >= 0.6 is 0 Å². The van der Waals surface area contributed by atoms with Crippen molar-refractivity contribution in [2.75, 3.05) is 5.73 Å². The van der Waals surface area contributed by atoms with Crippen LogP contribution in [-0.4, -0.2) is 9.78 Å². The van der Waals surface area contributed by atoms with Gasteiger partial charge in [0.2, 0.25) is 0 Å². The highest BCUT2D eigenvalue weighted by molar-refractivity contribution is 5.71. The lowest BCUT2D eigenvalue weighted by Crippen LogP contribution is -2.03. The monoisotopic (exact) mass is 281 g/mol. The molecule has 0 aliphatic heterocycles. The average Bonchev–Trinajstić information content (AvgIpc) is 3.03. The number of aryl methyl sites for hydroxylation is 1. The maximum atomic E-state index is 6.36. The zero-order valence-corrected chi connectivity index (χ0v) is 12.5. The van der Waals surface area contributed by atoms with Crippen molar-refractivity contribution in [2.45, 2.75) is 26.7 Å². The van der Waals surface area contributed by atoms with Crippen LogP contribution in [0.5, 0.6) is 0 Å². The van der Waals surface area contributed by atoms with E-state index in [1.54, 1.807) is 10.9 Å². The zero-order valence-electron chi connectivity index (χ0n) is 12.5. The van der Waals surface area contributed by atoms with Crippen molar-refractivity contribution in [1.29, 1.82) is 0 Å². The van der Waals surface area contributed by atoms with Crippen LogP contribution < -0.4 is 5.73 Å². The molecule has 0 aliphatic carbocycles. The smallest absolute Gasteiger partial charge is 0.131 e. The SMILES string of the molecule is Cc1occc1-c1nn(-c2ccccc2)c(N)c1C(C)C. The van der Waals surface area contributed by atoms with Crippen LogP contribution in [-0.2, 0) is 0 Å². The van der Waals surface area contributed by atoms with Gasteiger partial charge in [-0.25, -0.2) is 4.68 Å². The molecule has 1 aromatic carbocycles. The Morgan fingerprint density at radius 2 is 1.86 bits per heavy atom. The molecule has 21 heavy (non-hydrogen) atoms. The fraction of sp³-hybridized carbons (Fsp3) is 0.235. The molecule has 4 heteroatoms. The summed E-state index contributed by atoms with van der Waals surface area (Å²) in [6.07, 6.45) is 1.69. The summed E-state index contributed by atoms with van der Waals surface area (Å²) in [6, 6.07) is 11.9. The van der Waals surface area contributed by atoms with E-state index in [0.29, 0.717) is 5.82 Å². The van der Waals surface area contributed by atoms with E-state index in [2.05, 4.69) is 13.8 Å². The third kappa shape index (κ3) is 2.23. The summed E-state index contributed by atoms with van der Waals surface area (Å²) in [5.74, 6) is 1.83. The maximum absolute atomic E-state index is 6.36. The van der Waals surface area contributed by atoms with E-state index in [9.17, 15) is 0 Å². The van der Waals surface area contributed by atoms with E-state index in [-0.39, 0.29) is 5.92 Å². The lowest BCUT2D eigenvalue weighted by Gasteiger charge is -2.07. The van der Waals surface area contributed by atoms with Gasteiger partial charge in [0.15, 0.2) is 0 Å². The first kappa shape index (κ1) is 13.5. The van der Waals surface area contributed by atoms with Gasteiger partial charge in [-0.3, -0.25) is 0 Å². The lowest BCUT2D eigenvalue weighted by molar-refractivity contribution is 0.535. The van der Waals surface area contributed by atoms with Crippen LogP contribution in [0.4, 0.5) is 5.82 Å². The number of anilines is 1. The second-order valence-electron chi connectivity index (χ2n) is 5.44. The number of hydrogen-bond acceptors (Lipinski definition) is 3. The summed E-state index contributed by atoms with van der Waals surface area (Å²) in [4.78, 5) is 0. The molecule has 108 valence electrons. The van der Waals surface area contributed by atoms with Crippen LogP contribution in [0.25, 0.3) is 16.9 Å². The predicted molar refractivity (Wildman–Crippen MR) is 84.5 cm³/mol. The number of furan rings is 1. The average molecular weight is 281 g/mol. The van der Waals surface area contributed by atoms with Crippen molar-refractivity contribution in [3.05, 3.63) is 54.0 Å². The van der Waals surface area contributed by atoms with Crippen LogP contribution in [0.3, 0.4) is 0 Å². The van der Waals surface area contributed by atoms with E-state index in [4.69, 9.17) is 15.2 Å². The minimum Gasteiger partial charge on any atom is -0.469 e. The van der Waals surface area contributed by atoms with Gasteiger partial charge in [0.05, 0.1) is 12.0 Å². The van der Waals surface area contributed by atoms with Gasteiger partial charge in [-0.1, -0.05) is 32.0 Å². The van der Waals surface area contributed by atoms with Crippen LogP contribution in [0.15, 0.2) is 47.1 Å². The third-order valence-corrected chi connectivity index (χ3v) is 3.65.